The summed E-state index contributed by atoms with van der Waals surface area (Å²) in [5, 5.41) is 2.02. The zero-order chi connectivity index (χ0) is 15.2. The van der Waals surface area contributed by atoms with Crippen LogP contribution < -0.4 is 0 Å². The van der Waals surface area contributed by atoms with Crippen molar-refractivity contribution in [1.82, 2.24) is 9.88 Å². The third kappa shape index (κ3) is 4.21. The molecule has 1 fully saturated rings. The van der Waals surface area contributed by atoms with Gasteiger partial charge in [-0.15, -0.1) is 0 Å². The molecule has 1 aromatic heterocycles. The molecule has 0 N–H and O–H groups in total. The predicted octanol–water partition coefficient (Wildman–Crippen LogP) is 5.09. The lowest BCUT2D eigenvalue weighted by atomic mass is 10.0. The molecule has 1 saturated heterocycles. The zero-order valence-corrected chi connectivity index (χ0v) is 14.0. The van der Waals surface area contributed by atoms with Gasteiger partial charge in [-0.2, -0.15) is 0 Å². The second-order valence-electron chi connectivity index (χ2n) is 6.34. The molecule has 2 aromatic rings. The Bertz CT molecular complexity index is 605. The summed E-state index contributed by atoms with van der Waals surface area (Å²) in [4.78, 5) is 7.05. The standard InChI is InChI=1S/C19H25ClN2/c20-17-8-9-18-16(10-11-21-19(18)15-17)7-3-1-4-12-22-13-5-2-6-14-22/h8-11,15H,1-7,12-14H2. The van der Waals surface area contributed by atoms with Gasteiger partial charge in [0.2, 0.25) is 0 Å². The quantitative estimate of drug-likeness (QED) is 0.690. The molecule has 1 aliphatic heterocycles. The first-order chi connectivity index (χ1) is 10.8. The van der Waals surface area contributed by atoms with Gasteiger partial charge in [-0.25, -0.2) is 0 Å². The van der Waals surface area contributed by atoms with E-state index in [0.717, 1.165) is 17.0 Å². The van der Waals surface area contributed by atoms with Crippen molar-refractivity contribution in [1.29, 1.82) is 0 Å². The van der Waals surface area contributed by atoms with Gasteiger partial charge in [0.05, 0.1) is 5.52 Å². The number of halogens is 1. The van der Waals surface area contributed by atoms with E-state index in [1.165, 1.54) is 69.1 Å². The Morgan fingerprint density at radius 2 is 1.86 bits per heavy atom. The van der Waals surface area contributed by atoms with Gasteiger partial charge < -0.3 is 4.90 Å². The number of fused-ring (bicyclic) bond motifs is 1. The van der Waals surface area contributed by atoms with Crippen LogP contribution in [0.15, 0.2) is 30.5 Å². The summed E-state index contributed by atoms with van der Waals surface area (Å²) in [5.41, 5.74) is 2.41. The van der Waals surface area contributed by atoms with Crippen LogP contribution in [0.2, 0.25) is 5.02 Å². The molecule has 2 nitrogen and oxygen atoms in total. The average Bonchev–Trinajstić information content (AvgIpc) is 2.55. The van der Waals surface area contributed by atoms with Gasteiger partial charge in [-0.1, -0.05) is 30.5 Å². The molecule has 118 valence electrons. The number of rotatable bonds is 6. The van der Waals surface area contributed by atoms with E-state index in [1.54, 1.807) is 0 Å². The highest BCUT2D eigenvalue weighted by atomic mass is 35.5. The van der Waals surface area contributed by atoms with Crippen LogP contribution in [0, 0.1) is 0 Å². The van der Waals surface area contributed by atoms with E-state index >= 15 is 0 Å². The van der Waals surface area contributed by atoms with E-state index in [0.29, 0.717) is 0 Å². The average molecular weight is 317 g/mol. The first kappa shape index (κ1) is 15.8. The summed E-state index contributed by atoms with van der Waals surface area (Å²) in [7, 11) is 0. The lowest BCUT2D eigenvalue weighted by Gasteiger charge is -2.26. The van der Waals surface area contributed by atoms with Gasteiger partial charge in [0.15, 0.2) is 0 Å². The number of piperidine rings is 1. The minimum absolute atomic E-state index is 0.763. The van der Waals surface area contributed by atoms with Crippen molar-refractivity contribution in [3.63, 3.8) is 0 Å². The molecule has 0 bridgehead atoms. The highest BCUT2D eigenvalue weighted by Gasteiger charge is 2.09. The minimum atomic E-state index is 0.763. The summed E-state index contributed by atoms with van der Waals surface area (Å²) in [6, 6.07) is 8.18. The maximum absolute atomic E-state index is 6.05. The third-order valence-electron chi connectivity index (χ3n) is 4.66. The van der Waals surface area contributed by atoms with Crippen LogP contribution in [-0.4, -0.2) is 29.5 Å². The molecular formula is C19H25ClN2. The molecular weight excluding hydrogens is 292 g/mol. The number of hydrogen-bond donors (Lipinski definition) is 0. The Kier molecular flexibility index (Phi) is 5.69. The summed E-state index contributed by atoms with van der Waals surface area (Å²) in [6.07, 6.45) is 11.2. The van der Waals surface area contributed by atoms with Gasteiger partial charge in [0.25, 0.3) is 0 Å². The summed E-state index contributed by atoms with van der Waals surface area (Å²) >= 11 is 6.05. The van der Waals surface area contributed by atoms with E-state index in [1.807, 2.05) is 18.3 Å². The third-order valence-corrected chi connectivity index (χ3v) is 4.90. The number of aromatic nitrogens is 1. The van der Waals surface area contributed by atoms with Crippen molar-refractivity contribution in [2.75, 3.05) is 19.6 Å². The summed E-state index contributed by atoms with van der Waals surface area (Å²) < 4.78 is 0. The molecule has 1 aromatic carbocycles. The summed E-state index contributed by atoms with van der Waals surface area (Å²) in [6.45, 7) is 3.91. The fourth-order valence-electron chi connectivity index (χ4n) is 3.41. The number of nitrogens with zero attached hydrogens (tertiary/aromatic N) is 2. The SMILES string of the molecule is Clc1ccc2c(CCCCCN3CCCCC3)ccnc2c1. The Morgan fingerprint density at radius 1 is 1.00 bits per heavy atom. The number of pyridine rings is 1. The van der Waals surface area contributed by atoms with Crippen molar-refractivity contribution >= 4 is 22.5 Å². The zero-order valence-electron chi connectivity index (χ0n) is 13.2. The Hall–Kier alpha value is -1.12. The normalized spacial score (nSPS) is 16.2. The van der Waals surface area contributed by atoms with Gasteiger partial charge in [0.1, 0.15) is 0 Å². The van der Waals surface area contributed by atoms with Crippen LogP contribution in [0.25, 0.3) is 10.9 Å². The molecule has 3 heteroatoms. The number of unbranched alkanes of at least 4 members (excludes halogenated alkanes) is 2. The van der Waals surface area contributed by atoms with E-state index in [4.69, 9.17) is 11.6 Å². The molecule has 0 aliphatic carbocycles. The van der Waals surface area contributed by atoms with E-state index in [9.17, 15) is 0 Å². The largest absolute Gasteiger partial charge is 0.303 e. The maximum atomic E-state index is 6.05. The molecule has 1 aliphatic rings. The first-order valence-electron chi connectivity index (χ1n) is 8.58. The van der Waals surface area contributed by atoms with Crippen LogP contribution in [-0.2, 0) is 6.42 Å². The number of aryl methyl sites for hydroxylation is 1. The summed E-state index contributed by atoms with van der Waals surface area (Å²) in [5.74, 6) is 0. The molecule has 0 atom stereocenters. The molecule has 0 amide bonds. The highest BCUT2D eigenvalue weighted by Crippen LogP contribution is 2.22. The highest BCUT2D eigenvalue weighted by molar-refractivity contribution is 6.31. The molecule has 0 radical (unpaired) electrons. The Balaban J connectivity index is 1.47. The second-order valence-corrected chi connectivity index (χ2v) is 6.78. The first-order valence-corrected chi connectivity index (χ1v) is 8.96. The van der Waals surface area contributed by atoms with Crippen molar-refractivity contribution < 1.29 is 0 Å². The van der Waals surface area contributed by atoms with Gasteiger partial charge in [-0.3, -0.25) is 4.98 Å². The smallest absolute Gasteiger partial charge is 0.0719 e. The number of benzene rings is 1. The monoisotopic (exact) mass is 316 g/mol. The van der Waals surface area contributed by atoms with Crippen LogP contribution in [0.4, 0.5) is 0 Å². The molecule has 0 saturated carbocycles. The second kappa shape index (κ2) is 7.94. The van der Waals surface area contributed by atoms with Gasteiger partial charge >= 0.3 is 0 Å². The molecule has 22 heavy (non-hydrogen) atoms. The fraction of sp³-hybridized carbons (Fsp3) is 0.526. The van der Waals surface area contributed by atoms with Gasteiger partial charge in [-0.05, 0) is 75.5 Å². The molecule has 0 spiro atoms. The van der Waals surface area contributed by atoms with Crippen LogP contribution in [0.1, 0.15) is 44.1 Å². The van der Waals surface area contributed by atoms with Crippen molar-refractivity contribution in [2.45, 2.75) is 44.9 Å². The lowest BCUT2D eigenvalue weighted by Crippen LogP contribution is -2.30. The van der Waals surface area contributed by atoms with Crippen LogP contribution >= 0.6 is 11.6 Å². The van der Waals surface area contributed by atoms with Crippen LogP contribution in [0.3, 0.4) is 0 Å². The molecule has 0 unspecified atom stereocenters. The van der Waals surface area contributed by atoms with Crippen LogP contribution in [0.5, 0.6) is 0 Å². The molecule has 3 rings (SSSR count). The van der Waals surface area contributed by atoms with Crippen molar-refractivity contribution in [2.24, 2.45) is 0 Å². The maximum Gasteiger partial charge on any atom is 0.0719 e. The fourth-order valence-corrected chi connectivity index (χ4v) is 3.58. The lowest BCUT2D eigenvalue weighted by molar-refractivity contribution is 0.224. The van der Waals surface area contributed by atoms with Gasteiger partial charge in [0, 0.05) is 16.6 Å². The van der Waals surface area contributed by atoms with E-state index in [2.05, 4.69) is 22.0 Å². The van der Waals surface area contributed by atoms with E-state index < -0.39 is 0 Å². The van der Waals surface area contributed by atoms with Crippen molar-refractivity contribution in [3.8, 4) is 0 Å². The molecule has 2 heterocycles. The minimum Gasteiger partial charge on any atom is -0.303 e. The van der Waals surface area contributed by atoms with Crippen molar-refractivity contribution in [3.05, 3.63) is 41.0 Å². The Labute approximate surface area is 138 Å². The number of hydrogen-bond acceptors (Lipinski definition) is 2. The topological polar surface area (TPSA) is 16.1 Å². The predicted molar refractivity (Wildman–Crippen MR) is 94.6 cm³/mol. The Morgan fingerprint density at radius 3 is 2.73 bits per heavy atom. The number of likely N-dealkylation sites (tertiary alicyclic amines) is 1. The van der Waals surface area contributed by atoms with E-state index in [-0.39, 0.29) is 0 Å².